The topological polar surface area (TPSA) is 43.4 Å². The van der Waals surface area contributed by atoms with Crippen LogP contribution >= 0.6 is 11.8 Å². The van der Waals surface area contributed by atoms with Crippen molar-refractivity contribution in [2.24, 2.45) is 0 Å². The molecule has 3 nitrogen and oxygen atoms in total. The monoisotopic (exact) mass is 362 g/mol. The van der Waals surface area contributed by atoms with Crippen LogP contribution in [0.1, 0.15) is 31.8 Å². The molecule has 0 saturated carbocycles. The van der Waals surface area contributed by atoms with E-state index in [2.05, 4.69) is 0 Å². The van der Waals surface area contributed by atoms with Gasteiger partial charge in [-0.3, -0.25) is 4.79 Å². The Morgan fingerprint density at radius 1 is 0.769 bits per heavy atom. The van der Waals surface area contributed by atoms with Crippen LogP contribution in [0, 0.1) is 13.8 Å². The number of rotatable bonds is 4. The van der Waals surface area contributed by atoms with Gasteiger partial charge >= 0.3 is 5.97 Å². The molecular formula is C22H18O3S. The van der Waals surface area contributed by atoms with Gasteiger partial charge in [-0.2, -0.15) is 0 Å². The Morgan fingerprint density at radius 2 is 1.35 bits per heavy atom. The molecule has 3 rings (SSSR count). The molecule has 0 radical (unpaired) electrons. The van der Waals surface area contributed by atoms with E-state index in [0.29, 0.717) is 16.9 Å². The first-order valence-corrected chi connectivity index (χ1v) is 9.01. The van der Waals surface area contributed by atoms with Crippen molar-refractivity contribution in [1.29, 1.82) is 0 Å². The molecule has 0 aliphatic heterocycles. The standard InChI is InChI=1S/C22H18O3S/c1-15-6-10-19(11-7-15)25-21(23)17-4-3-5-18(14-17)22(24)26-20-12-8-16(2)9-13-20/h3-14H,1-2H3. The fourth-order valence-corrected chi connectivity index (χ4v) is 3.05. The van der Waals surface area contributed by atoms with Crippen molar-refractivity contribution < 1.29 is 14.3 Å². The van der Waals surface area contributed by atoms with E-state index < -0.39 is 5.97 Å². The van der Waals surface area contributed by atoms with Gasteiger partial charge in [0.15, 0.2) is 0 Å². The molecule has 0 heterocycles. The minimum absolute atomic E-state index is 0.112. The van der Waals surface area contributed by atoms with E-state index in [9.17, 15) is 9.59 Å². The van der Waals surface area contributed by atoms with Crippen LogP contribution in [0.4, 0.5) is 0 Å². The summed E-state index contributed by atoms with van der Waals surface area (Å²) in [5.74, 6) is -0.00445. The zero-order valence-corrected chi connectivity index (χ0v) is 15.4. The molecule has 0 amide bonds. The van der Waals surface area contributed by atoms with Crippen LogP contribution < -0.4 is 4.74 Å². The summed E-state index contributed by atoms with van der Waals surface area (Å²) in [6.07, 6.45) is 0. The highest BCUT2D eigenvalue weighted by molar-refractivity contribution is 8.14. The zero-order valence-electron chi connectivity index (χ0n) is 14.6. The number of thioether (sulfide) groups is 1. The van der Waals surface area contributed by atoms with E-state index in [0.717, 1.165) is 27.8 Å². The van der Waals surface area contributed by atoms with Crippen molar-refractivity contribution in [3.63, 3.8) is 0 Å². The van der Waals surface area contributed by atoms with Gasteiger partial charge in [0, 0.05) is 10.5 Å². The van der Waals surface area contributed by atoms with E-state index in [1.165, 1.54) is 0 Å². The summed E-state index contributed by atoms with van der Waals surface area (Å²) < 4.78 is 5.36. The third-order valence-electron chi connectivity index (χ3n) is 3.80. The van der Waals surface area contributed by atoms with Crippen LogP contribution in [0.15, 0.2) is 77.7 Å². The summed E-state index contributed by atoms with van der Waals surface area (Å²) in [6.45, 7) is 3.96. The van der Waals surface area contributed by atoms with Crippen molar-refractivity contribution >= 4 is 22.8 Å². The minimum Gasteiger partial charge on any atom is -0.423 e. The SMILES string of the molecule is Cc1ccc(OC(=O)c2cccc(C(=O)Sc3ccc(C)cc3)c2)cc1. The Labute approximate surface area is 157 Å². The third kappa shape index (κ3) is 4.61. The smallest absolute Gasteiger partial charge is 0.343 e. The molecule has 0 unspecified atom stereocenters. The highest BCUT2D eigenvalue weighted by Gasteiger charge is 2.13. The number of esters is 1. The first kappa shape index (κ1) is 18.0. The summed E-state index contributed by atoms with van der Waals surface area (Å²) in [4.78, 5) is 25.7. The number of carbonyl (C=O) groups excluding carboxylic acids is 2. The highest BCUT2D eigenvalue weighted by Crippen LogP contribution is 2.24. The molecule has 4 heteroatoms. The maximum atomic E-state index is 12.5. The van der Waals surface area contributed by atoms with Crippen LogP contribution in [0.3, 0.4) is 0 Å². The molecule has 0 atom stereocenters. The Bertz CT molecular complexity index is 854. The van der Waals surface area contributed by atoms with E-state index in [-0.39, 0.29) is 5.12 Å². The summed E-state index contributed by atoms with van der Waals surface area (Å²) in [7, 11) is 0. The molecule has 130 valence electrons. The molecule has 0 aliphatic rings. The van der Waals surface area contributed by atoms with Crippen molar-refractivity contribution in [2.45, 2.75) is 18.7 Å². The van der Waals surface area contributed by atoms with E-state index in [4.69, 9.17) is 4.74 Å². The number of ether oxygens (including phenoxy) is 1. The summed E-state index contributed by atoms with van der Waals surface area (Å²) in [5.41, 5.74) is 3.04. The van der Waals surface area contributed by atoms with Gasteiger partial charge < -0.3 is 4.74 Å². The average molecular weight is 362 g/mol. The maximum Gasteiger partial charge on any atom is 0.343 e. The maximum absolute atomic E-state index is 12.5. The van der Waals surface area contributed by atoms with E-state index in [1.807, 2.05) is 50.2 Å². The van der Waals surface area contributed by atoms with E-state index >= 15 is 0 Å². The van der Waals surface area contributed by atoms with Crippen molar-refractivity contribution in [2.75, 3.05) is 0 Å². The lowest BCUT2D eigenvalue weighted by Crippen LogP contribution is -2.09. The minimum atomic E-state index is -0.483. The molecular weight excluding hydrogens is 344 g/mol. The molecule has 3 aromatic carbocycles. The van der Waals surface area contributed by atoms with Crippen LogP contribution in [0.25, 0.3) is 0 Å². The molecule has 26 heavy (non-hydrogen) atoms. The lowest BCUT2D eigenvalue weighted by Gasteiger charge is -2.06. The Hall–Kier alpha value is -2.85. The Balaban J connectivity index is 1.72. The van der Waals surface area contributed by atoms with E-state index in [1.54, 1.807) is 36.4 Å². The van der Waals surface area contributed by atoms with Gasteiger partial charge in [-0.05, 0) is 62.0 Å². The third-order valence-corrected chi connectivity index (χ3v) is 4.73. The number of benzene rings is 3. The molecule has 3 aromatic rings. The lowest BCUT2D eigenvalue weighted by atomic mass is 10.1. The fraction of sp³-hybridized carbons (Fsp3) is 0.0909. The normalized spacial score (nSPS) is 10.4. The van der Waals surface area contributed by atoms with Gasteiger partial charge in [-0.1, -0.05) is 47.5 Å². The van der Waals surface area contributed by atoms with Crippen LogP contribution in [0.5, 0.6) is 5.75 Å². The van der Waals surface area contributed by atoms with Crippen molar-refractivity contribution in [3.8, 4) is 5.75 Å². The lowest BCUT2D eigenvalue weighted by molar-refractivity contribution is 0.0734. The van der Waals surface area contributed by atoms with Crippen LogP contribution in [0.2, 0.25) is 0 Å². The van der Waals surface area contributed by atoms with Gasteiger partial charge in [-0.15, -0.1) is 0 Å². The Kier molecular flexibility index (Phi) is 5.54. The number of hydrogen-bond donors (Lipinski definition) is 0. The van der Waals surface area contributed by atoms with Gasteiger partial charge in [0.05, 0.1) is 5.56 Å². The van der Waals surface area contributed by atoms with Gasteiger partial charge in [0.2, 0.25) is 5.12 Å². The second kappa shape index (κ2) is 8.02. The zero-order chi connectivity index (χ0) is 18.5. The largest absolute Gasteiger partial charge is 0.423 e. The van der Waals surface area contributed by atoms with Gasteiger partial charge in [0.25, 0.3) is 0 Å². The molecule has 0 saturated heterocycles. The first-order chi connectivity index (χ1) is 12.5. The summed E-state index contributed by atoms with van der Waals surface area (Å²) in [6, 6.07) is 21.6. The molecule has 0 N–H and O–H groups in total. The summed E-state index contributed by atoms with van der Waals surface area (Å²) in [5, 5.41) is -0.112. The molecule has 0 fully saturated rings. The number of aryl methyl sites for hydroxylation is 2. The van der Waals surface area contributed by atoms with Gasteiger partial charge in [-0.25, -0.2) is 4.79 Å². The fourth-order valence-electron chi connectivity index (χ4n) is 2.32. The molecule has 0 aromatic heterocycles. The average Bonchev–Trinajstić information content (AvgIpc) is 2.65. The van der Waals surface area contributed by atoms with Gasteiger partial charge in [0.1, 0.15) is 5.75 Å². The highest BCUT2D eigenvalue weighted by atomic mass is 32.2. The molecule has 0 aliphatic carbocycles. The van der Waals surface area contributed by atoms with Crippen LogP contribution in [-0.4, -0.2) is 11.1 Å². The predicted molar refractivity (Wildman–Crippen MR) is 104 cm³/mol. The molecule has 0 bridgehead atoms. The van der Waals surface area contributed by atoms with Crippen LogP contribution in [-0.2, 0) is 0 Å². The van der Waals surface area contributed by atoms with Crippen molar-refractivity contribution in [3.05, 3.63) is 95.1 Å². The summed E-state index contributed by atoms with van der Waals surface area (Å²) >= 11 is 1.14. The van der Waals surface area contributed by atoms with Crippen molar-refractivity contribution in [1.82, 2.24) is 0 Å². The Morgan fingerprint density at radius 3 is 2.00 bits per heavy atom. The predicted octanol–water partition coefficient (Wildman–Crippen LogP) is 5.46. The molecule has 0 spiro atoms. The first-order valence-electron chi connectivity index (χ1n) is 8.19. The second-order valence-corrected chi connectivity index (χ2v) is 7.03. The second-order valence-electron chi connectivity index (χ2n) is 5.99. The quantitative estimate of drug-likeness (QED) is 0.351. The number of carbonyl (C=O) groups is 2. The number of hydrogen-bond acceptors (Lipinski definition) is 4.